The summed E-state index contributed by atoms with van der Waals surface area (Å²) >= 11 is 1.64. The number of aryl methyl sites for hydroxylation is 2. The van der Waals surface area contributed by atoms with Crippen LogP contribution in [-0.4, -0.2) is 20.7 Å². The number of rotatable bonds is 3. The lowest BCUT2D eigenvalue weighted by Crippen LogP contribution is -2.28. The Balaban J connectivity index is 1.56. The number of hydrogen-bond acceptors (Lipinski definition) is 4. The summed E-state index contributed by atoms with van der Waals surface area (Å²) in [4.78, 5) is 16.7. The van der Waals surface area contributed by atoms with Crippen LogP contribution in [0.3, 0.4) is 0 Å². The van der Waals surface area contributed by atoms with Gasteiger partial charge in [0, 0.05) is 30.4 Å². The van der Waals surface area contributed by atoms with E-state index in [4.69, 9.17) is 0 Å². The van der Waals surface area contributed by atoms with E-state index < -0.39 is 0 Å². The summed E-state index contributed by atoms with van der Waals surface area (Å²) in [6, 6.07) is 8.21. The highest BCUT2D eigenvalue weighted by Gasteiger charge is 2.25. The molecule has 0 aliphatic heterocycles. The molecule has 0 bridgehead atoms. The van der Waals surface area contributed by atoms with Crippen LogP contribution in [0.5, 0.6) is 0 Å². The summed E-state index contributed by atoms with van der Waals surface area (Å²) in [5.41, 5.74) is 4.24. The summed E-state index contributed by atoms with van der Waals surface area (Å²) in [5.74, 6) is -0.0770. The molecule has 0 spiro atoms. The highest BCUT2D eigenvalue weighted by atomic mass is 32.1. The van der Waals surface area contributed by atoms with Gasteiger partial charge in [0.15, 0.2) is 0 Å². The minimum Gasteiger partial charge on any atom is -0.344 e. The first-order valence-electron chi connectivity index (χ1n) is 7.54. The minimum atomic E-state index is -0.0770. The van der Waals surface area contributed by atoms with Crippen molar-refractivity contribution < 1.29 is 4.79 Å². The van der Waals surface area contributed by atoms with E-state index in [2.05, 4.69) is 33.6 Å². The molecule has 2 heterocycles. The number of carbonyl (C=O) groups excluding carboxylic acids is 1. The summed E-state index contributed by atoms with van der Waals surface area (Å²) < 4.78 is 1.59. The monoisotopic (exact) mass is 324 g/mol. The maximum Gasteiger partial charge on any atom is 0.270 e. The quantitative estimate of drug-likeness (QED) is 0.806. The van der Waals surface area contributed by atoms with Crippen LogP contribution in [0.15, 0.2) is 42.0 Å². The SMILES string of the molecule is Cn1nccc1C(=O)NC1CCc2cc(-c3nccs3)ccc21. The summed E-state index contributed by atoms with van der Waals surface area (Å²) in [7, 11) is 1.78. The van der Waals surface area contributed by atoms with E-state index in [1.54, 1.807) is 35.3 Å². The second-order valence-electron chi connectivity index (χ2n) is 5.66. The van der Waals surface area contributed by atoms with E-state index in [1.165, 1.54) is 11.1 Å². The van der Waals surface area contributed by atoms with Crippen LogP contribution in [0, 0.1) is 0 Å². The van der Waals surface area contributed by atoms with E-state index >= 15 is 0 Å². The van der Waals surface area contributed by atoms with Gasteiger partial charge in [-0.05, 0) is 36.1 Å². The molecule has 0 saturated heterocycles. The normalized spacial score (nSPS) is 16.3. The summed E-state index contributed by atoms with van der Waals surface area (Å²) in [6.45, 7) is 0. The molecule has 23 heavy (non-hydrogen) atoms. The van der Waals surface area contributed by atoms with Gasteiger partial charge < -0.3 is 5.32 Å². The predicted molar refractivity (Wildman–Crippen MR) is 89.3 cm³/mol. The van der Waals surface area contributed by atoms with Crippen molar-refractivity contribution in [1.82, 2.24) is 20.1 Å². The average molecular weight is 324 g/mol. The van der Waals surface area contributed by atoms with Gasteiger partial charge in [-0.2, -0.15) is 5.10 Å². The number of benzene rings is 1. The lowest BCUT2D eigenvalue weighted by atomic mass is 10.0. The van der Waals surface area contributed by atoms with Crippen LogP contribution >= 0.6 is 11.3 Å². The molecule has 5 nitrogen and oxygen atoms in total. The second-order valence-corrected chi connectivity index (χ2v) is 6.55. The first-order chi connectivity index (χ1) is 11.2. The highest BCUT2D eigenvalue weighted by molar-refractivity contribution is 7.13. The van der Waals surface area contributed by atoms with Crippen LogP contribution in [0.1, 0.15) is 34.1 Å². The van der Waals surface area contributed by atoms with E-state index in [9.17, 15) is 4.79 Å². The minimum absolute atomic E-state index is 0.0674. The van der Waals surface area contributed by atoms with Crippen molar-refractivity contribution in [3.05, 3.63) is 58.9 Å². The van der Waals surface area contributed by atoms with E-state index in [0.717, 1.165) is 23.4 Å². The van der Waals surface area contributed by atoms with Gasteiger partial charge in [0.2, 0.25) is 0 Å². The Morgan fingerprint density at radius 3 is 3.00 bits per heavy atom. The Labute approximate surface area is 138 Å². The van der Waals surface area contributed by atoms with Gasteiger partial charge in [-0.3, -0.25) is 9.48 Å². The number of amides is 1. The Hall–Kier alpha value is -2.47. The predicted octanol–water partition coefficient (Wildman–Crippen LogP) is 2.96. The standard InChI is InChI=1S/C17H16N4OS/c1-21-15(6-7-19-21)16(22)20-14-5-3-11-10-12(2-4-13(11)14)17-18-8-9-23-17/h2,4,6-10,14H,3,5H2,1H3,(H,20,22). The third kappa shape index (κ3) is 2.55. The Kier molecular flexibility index (Phi) is 3.46. The fraction of sp³-hybridized carbons (Fsp3) is 0.235. The van der Waals surface area contributed by atoms with Crippen molar-refractivity contribution in [3.63, 3.8) is 0 Å². The second kappa shape index (κ2) is 5.62. The van der Waals surface area contributed by atoms with Gasteiger partial charge in [-0.15, -0.1) is 11.3 Å². The van der Waals surface area contributed by atoms with Crippen LogP contribution < -0.4 is 5.32 Å². The fourth-order valence-corrected chi connectivity index (χ4v) is 3.73. The van der Waals surface area contributed by atoms with Crippen molar-refractivity contribution >= 4 is 17.2 Å². The van der Waals surface area contributed by atoms with Gasteiger partial charge in [0.1, 0.15) is 10.7 Å². The molecule has 2 aromatic heterocycles. The largest absolute Gasteiger partial charge is 0.344 e. The fourth-order valence-electron chi connectivity index (χ4n) is 3.10. The molecule has 1 aliphatic rings. The van der Waals surface area contributed by atoms with Crippen LogP contribution in [0.25, 0.3) is 10.6 Å². The zero-order valence-electron chi connectivity index (χ0n) is 12.7. The molecule has 1 amide bonds. The Bertz CT molecular complexity index is 853. The van der Waals surface area contributed by atoms with Gasteiger partial charge in [0.05, 0.1) is 6.04 Å². The molecule has 0 radical (unpaired) electrons. The molecule has 0 fully saturated rings. The lowest BCUT2D eigenvalue weighted by molar-refractivity contribution is 0.0927. The number of carbonyl (C=O) groups is 1. The number of nitrogens with zero attached hydrogens (tertiary/aromatic N) is 3. The van der Waals surface area contributed by atoms with Crippen LogP contribution in [0.4, 0.5) is 0 Å². The molecular formula is C17H16N4OS. The zero-order valence-corrected chi connectivity index (χ0v) is 13.5. The number of hydrogen-bond donors (Lipinski definition) is 1. The molecule has 6 heteroatoms. The molecule has 3 aromatic rings. The van der Waals surface area contributed by atoms with Crippen LogP contribution in [-0.2, 0) is 13.5 Å². The number of thiazole rings is 1. The number of fused-ring (bicyclic) bond motifs is 1. The average Bonchev–Trinajstić information content (AvgIpc) is 3.27. The van der Waals surface area contributed by atoms with Gasteiger partial charge in [-0.1, -0.05) is 12.1 Å². The number of nitrogens with one attached hydrogen (secondary N) is 1. The third-order valence-corrected chi connectivity index (χ3v) is 5.08. The zero-order chi connectivity index (χ0) is 15.8. The highest BCUT2D eigenvalue weighted by Crippen LogP contribution is 2.34. The molecule has 1 aliphatic carbocycles. The molecular weight excluding hydrogens is 308 g/mol. The van der Waals surface area contributed by atoms with Gasteiger partial charge in [0.25, 0.3) is 5.91 Å². The van der Waals surface area contributed by atoms with Crippen molar-refractivity contribution in [2.75, 3.05) is 0 Å². The van der Waals surface area contributed by atoms with Crippen molar-refractivity contribution in [2.45, 2.75) is 18.9 Å². The summed E-state index contributed by atoms with van der Waals surface area (Å²) in [6.07, 6.45) is 5.37. The Morgan fingerprint density at radius 2 is 2.26 bits per heavy atom. The summed E-state index contributed by atoms with van der Waals surface area (Å²) in [5, 5.41) is 10.2. The van der Waals surface area contributed by atoms with Crippen LogP contribution in [0.2, 0.25) is 0 Å². The topological polar surface area (TPSA) is 59.8 Å². The van der Waals surface area contributed by atoms with Gasteiger partial charge >= 0.3 is 0 Å². The van der Waals surface area contributed by atoms with Gasteiger partial charge in [-0.25, -0.2) is 4.98 Å². The molecule has 1 N–H and O–H groups in total. The molecule has 0 saturated carbocycles. The molecule has 1 aromatic carbocycles. The van der Waals surface area contributed by atoms with Crippen molar-refractivity contribution in [1.29, 1.82) is 0 Å². The molecule has 4 rings (SSSR count). The smallest absolute Gasteiger partial charge is 0.270 e. The molecule has 116 valence electrons. The van der Waals surface area contributed by atoms with Crippen molar-refractivity contribution in [2.24, 2.45) is 7.05 Å². The maximum atomic E-state index is 12.4. The lowest BCUT2D eigenvalue weighted by Gasteiger charge is -2.14. The van der Waals surface area contributed by atoms with E-state index in [-0.39, 0.29) is 11.9 Å². The molecule has 1 atom stereocenters. The van der Waals surface area contributed by atoms with E-state index in [1.807, 2.05) is 11.6 Å². The Morgan fingerprint density at radius 1 is 1.35 bits per heavy atom. The molecule has 1 unspecified atom stereocenters. The maximum absolute atomic E-state index is 12.4. The first-order valence-corrected chi connectivity index (χ1v) is 8.42. The van der Waals surface area contributed by atoms with Crippen molar-refractivity contribution in [3.8, 4) is 10.6 Å². The third-order valence-electron chi connectivity index (χ3n) is 4.26. The first kappa shape index (κ1) is 14.1. The van der Waals surface area contributed by atoms with E-state index in [0.29, 0.717) is 5.69 Å². The number of aromatic nitrogens is 3.